The molecule has 4 rings (SSSR count). The first-order valence-corrected chi connectivity index (χ1v) is 13.1. The molecule has 1 saturated heterocycles. The molecule has 0 spiro atoms. The minimum absolute atomic E-state index is 0.146. The van der Waals surface area contributed by atoms with Gasteiger partial charge in [0, 0.05) is 30.6 Å². The molecule has 2 aromatic carbocycles. The summed E-state index contributed by atoms with van der Waals surface area (Å²) in [6, 6.07) is 15.1. The lowest BCUT2D eigenvalue weighted by atomic mass is 10.2. The molecule has 0 radical (unpaired) electrons. The van der Waals surface area contributed by atoms with Gasteiger partial charge < -0.3 is 5.32 Å². The molecule has 168 valence electrons. The number of carbonyl (C=O) groups excluding carboxylic acids is 1. The summed E-state index contributed by atoms with van der Waals surface area (Å²) in [6.07, 6.45) is 3.71. The largest absolute Gasteiger partial charge is 0.326 e. The fourth-order valence-electron chi connectivity index (χ4n) is 3.85. The molecule has 1 N–H and O–H groups in total. The standard InChI is InChI=1S/C24H27N3O3S2/c1-18-10-11-20(15-22(18)32(29,30)27-12-6-3-7-13-27)25-23(28)16-21-17-31-24(26-21)14-19-8-4-2-5-9-19/h2,4-5,8-11,15,17H,3,6-7,12-14,16H2,1H3,(H,25,28). The number of nitrogens with zero attached hydrogens (tertiary/aromatic N) is 2. The third-order valence-corrected chi connectivity index (χ3v) is 8.48. The molecule has 2 heterocycles. The van der Waals surface area contributed by atoms with Gasteiger partial charge in [0.05, 0.1) is 22.0 Å². The van der Waals surface area contributed by atoms with Crippen molar-refractivity contribution in [1.29, 1.82) is 0 Å². The first-order chi connectivity index (χ1) is 15.4. The Labute approximate surface area is 193 Å². The van der Waals surface area contributed by atoms with Gasteiger partial charge in [0.1, 0.15) is 0 Å². The highest BCUT2D eigenvalue weighted by atomic mass is 32.2. The molecular formula is C24H27N3O3S2. The van der Waals surface area contributed by atoms with Crippen molar-refractivity contribution in [1.82, 2.24) is 9.29 Å². The zero-order valence-corrected chi connectivity index (χ0v) is 19.7. The van der Waals surface area contributed by atoms with Crippen LogP contribution in [0, 0.1) is 6.92 Å². The molecule has 0 atom stereocenters. The predicted molar refractivity (Wildman–Crippen MR) is 127 cm³/mol. The van der Waals surface area contributed by atoms with Gasteiger partial charge in [0.2, 0.25) is 15.9 Å². The lowest BCUT2D eigenvalue weighted by molar-refractivity contribution is -0.115. The summed E-state index contributed by atoms with van der Waals surface area (Å²) in [7, 11) is -3.56. The van der Waals surface area contributed by atoms with Crippen molar-refractivity contribution >= 4 is 33.0 Å². The van der Waals surface area contributed by atoms with Crippen LogP contribution in [0.3, 0.4) is 0 Å². The lowest BCUT2D eigenvalue weighted by Crippen LogP contribution is -2.36. The number of carbonyl (C=O) groups is 1. The van der Waals surface area contributed by atoms with Crippen molar-refractivity contribution in [2.45, 2.75) is 43.9 Å². The number of hydrogen-bond acceptors (Lipinski definition) is 5. The van der Waals surface area contributed by atoms with Crippen molar-refractivity contribution in [3.05, 3.63) is 75.7 Å². The summed E-state index contributed by atoms with van der Waals surface area (Å²) >= 11 is 1.54. The minimum Gasteiger partial charge on any atom is -0.326 e. The number of aromatic nitrogens is 1. The molecule has 0 unspecified atom stereocenters. The van der Waals surface area contributed by atoms with Gasteiger partial charge in [-0.3, -0.25) is 4.79 Å². The molecule has 1 amide bonds. The van der Waals surface area contributed by atoms with Crippen LogP contribution in [0.5, 0.6) is 0 Å². The number of hydrogen-bond donors (Lipinski definition) is 1. The number of aryl methyl sites for hydroxylation is 1. The van der Waals surface area contributed by atoms with Gasteiger partial charge in [0.15, 0.2) is 0 Å². The minimum atomic E-state index is -3.56. The number of rotatable bonds is 7. The van der Waals surface area contributed by atoms with Gasteiger partial charge in [-0.1, -0.05) is 42.8 Å². The van der Waals surface area contributed by atoms with Gasteiger partial charge >= 0.3 is 0 Å². The maximum absolute atomic E-state index is 13.1. The summed E-state index contributed by atoms with van der Waals surface area (Å²) in [5.41, 5.74) is 3.06. The first-order valence-electron chi connectivity index (χ1n) is 10.8. The van der Waals surface area contributed by atoms with E-state index in [1.54, 1.807) is 40.8 Å². The number of amides is 1. The fourth-order valence-corrected chi connectivity index (χ4v) is 6.45. The highest BCUT2D eigenvalue weighted by molar-refractivity contribution is 7.89. The number of nitrogens with one attached hydrogen (secondary N) is 1. The molecule has 1 fully saturated rings. The average molecular weight is 470 g/mol. The van der Waals surface area contributed by atoms with Crippen LogP contribution in [-0.2, 0) is 27.7 Å². The molecule has 3 aromatic rings. The van der Waals surface area contributed by atoms with Crippen LogP contribution in [0.4, 0.5) is 5.69 Å². The second-order valence-corrected chi connectivity index (χ2v) is 10.9. The van der Waals surface area contributed by atoms with Crippen molar-refractivity contribution in [2.24, 2.45) is 0 Å². The van der Waals surface area contributed by atoms with Gasteiger partial charge in [0.25, 0.3) is 0 Å². The second-order valence-electron chi connectivity index (χ2n) is 8.06. The molecule has 32 heavy (non-hydrogen) atoms. The number of anilines is 1. The van der Waals surface area contributed by atoms with Crippen molar-refractivity contribution in [3.8, 4) is 0 Å². The summed E-state index contributed by atoms with van der Waals surface area (Å²) in [5.74, 6) is -0.216. The summed E-state index contributed by atoms with van der Waals surface area (Å²) < 4.78 is 27.7. The van der Waals surface area contributed by atoms with Crippen molar-refractivity contribution < 1.29 is 13.2 Å². The highest BCUT2D eigenvalue weighted by Crippen LogP contribution is 2.26. The Morgan fingerprint density at radius 1 is 1.09 bits per heavy atom. The monoisotopic (exact) mass is 469 g/mol. The summed E-state index contributed by atoms with van der Waals surface area (Å²) in [5, 5.41) is 5.70. The molecule has 0 saturated carbocycles. The van der Waals surface area contributed by atoms with Crippen LogP contribution in [0.1, 0.15) is 41.1 Å². The topological polar surface area (TPSA) is 79.4 Å². The van der Waals surface area contributed by atoms with E-state index in [1.165, 1.54) is 5.56 Å². The number of piperidine rings is 1. The van der Waals surface area contributed by atoms with E-state index in [1.807, 2.05) is 23.6 Å². The van der Waals surface area contributed by atoms with Crippen LogP contribution in [0.2, 0.25) is 0 Å². The smallest absolute Gasteiger partial charge is 0.243 e. The zero-order valence-electron chi connectivity index (χ0n) is 18.1. The van der Waals surface area contributed by atoms with E-state index < -0.39 is 10.0 Å². The number of sulfonamides is 1. The Bertz CT molecular complexity index is 1180. The van der Waals surface area contributed by atoms with E-state index in [2.05, 4.69) is 22.4 Å². The van der Waals surface area contributed by atoms with E-state index in [-0.39, 0.29) is 17.2 Å². The van der Waals surface area contributed by atoms with E-state index in [9.17, 15) is 13.2 Å². The molecule has 1 aliphatic rings. The highest BCUT2D eigenvalue weighted by Gasteiger charge is 2.27. The van der Waals surface area contributed by atoms with Gasteiger partial charge in [-0.15, -0.1) is 11.3 Å². The van der Waals surface area contributed by atoms with E-state index in [0.717, 1.165) is 30.7 Å². The van der Waals surface area contributed by atoms with Crippen LogP contribution < -0.4 is 5.32 Å². The van der Waals surface area contributed by atoms with Crippen LogP contribution >= 0.6 is 11.3 Å². The average Bonchev–Trinajstić information content (AvgIpc) is 3.22. The van der Waals surface area contributed by atoms with E-state index in [4.69, 9.17) is 0 Å². The van der Waals surface area contributed by atoms with Gasteiger partial charge in [-0.2, -0.15) is 4.31 Å². The Kier molecular flexibility index (Phi) is 7.03. The maximum Gasteiger partial charge on any atom is 0.243 e. The normalized spacial score (nSPS) is 14.9. The molecule has 6 nitrogen and oxygen atoms in total. The second kappa shape index (κ2) is 9.94. The van der Waals surface area contributed by atoms with Crippen LogP contribution in [-0.4, -0.2) is 36.7 Å². The number of benzene rings is 2. The molecule has 1 aromatic heterocycles. The van der Waals surface area contributed by atoms with Crippen LogP contribution in [0.25, 0.3) is 0 Å². The molecular weight excluding hydrogens is 442 g/mol. The third-order valence-electron chi connectivity index (χ3n) is 5.54. The Balaban J connectivity index is 1.42. The quantitative estimate of drug-likeness (QED) is 0.556. The Morgan fingerprint density at radius 2 is 1.84 bits per heavy atom. The zero-order chi connectivity index (χ0) is 22.6. The molecule has 8 heteroatoms. The van der Waals surface area contributed by atoms with E-state index >= 15 is 0 Å². The summed E-state index contributed by atoms with van der Waals surface area (Å²) in [6.45, 7) is 2.88. The van der Waals surface area contributed by atoms with Gasteiger partial charge in [-0.05, 0) is 43.0 Å². The molecule has 0 aliphatic carbocycles. The Hall–Kier alpha value is -2.55. The first kappa shape index (κ1) is 22.6. The number of thiazole rings is 1. The van der Waals surface area contributed by atoms with Crippen molar-refractivity contribution in [3.63, 3.8) is 0 Å². The molecule has 0 bridgehead atoms. The summed E-state index contributed by atoms with van der Waals surface area (Å²) in [4.78, 5) is 17.4. The SMILES string of the molecule is Cc1ccc(NC(=O)Cc2csc(Cc3ccccc3)n2)cc1S(=O)(=O)N1CCCCC1. The predicted octanol–water partition coefficient (Wildman–Crippen LogP) is 4.40. The Morgan fingerprint density at radius 3 is 2.59 bits per heavy atom. The van der Waals surface area contributed by atoms with E-state index in [0.29, 0.717) is 30.0 Å². The fraction of sp³-hybridized carbons (Fsp3) is 0.333. The third kappa shape index (κ3) is 5.43. The molecule has 1 aliphatic heterocycles. The lowest BCUT2D eigenvalue weighted by Gasteiger charge is -2.26. The van der Waals surface area contributed by atoms with Crippen molar-refractivity contribution in [2.75, 3.05) is 18.4 Å². The maximum atomic E-state index is 13.1. The van der Waals surface area contributed by atoms with Gasteiger partial charge in [-0.25, -0.2) is 13.4 Å². The van der Waals surface area contributed by atoms with Crippen LogP contribution in [0.15, 0.2) is 58.8 Å².